The fourth-order valence-corrected chi connectivity index (χ4v) is 6.56. The number of anilines is 1. The fraction of sp³-hybridized carbons (Fsp3) is 0.353. The van der Waals surface area contributed by atoms with E-state index in [9.17, 15) is 13.2 Å². The van der Waals surface area contributed by atoms with Crippen molar-refractivity contribution in [1.82, 2.24) is 4.31 Å². The summed E-state index contributed by atoms with van der Waals surface area (Å²) in [5, 5.41) is 2.85. The number of halogens is 1. The van der Waals surface area contributed by atoms with Gasteiger partial charge in [-0.05, 0) is 72.4 Å². The van der Waals surface area contributed by atoms with Gasteiger partial charge in [-0.3, -0.25) is 4.79 Å². The Morgan fingerprint density at radius 2 is 2.04 bits per heavy atom. The number of nitrogens with zero attached hydrogens (tertiary/aromatic N) is 1. The summed E-state index contributed by atoms with van der Waals surface area (Å²) in [7, 11) is -3.64. The molecule has 1 amide bonds. The molecule has 134 valence electrons. The summed E-state index contributed by atoms with van der Waals surface area (Å²) < 4.78 is 28.1. The number of thiophene rings is 1. The van der Waals surface area contributed by atoms with Gasteiger partial charge in [-0.2, -0.15) is 4.31 Å². The van der Waals surface area contributed by atoms with Crippen molar-refractivity contribution in [2.24, 2.45) is 0 Å². The molecule has 0 aliphatic carbocycles. The second kappa shape index (κ2) is 7.19. The van der Waals surface area contributed by atoms with Crippen molar-refractivity contribution in [3.8, 4) is 0 Å². The van der Waals surface area contributed by atoms with Gasteiger partial charge in [0.1, 0.15) is 10.3 Å². The molecule has 2 heterocycles. The molecule has 1 unspecified atom stereocenters. The number of benzene rings is 1. The maximum Gasteiger partial charge on any atom is 0.253 e. The van der Waals surface area contributed by atoms with Gasteiger partial charge in [-0.25, -0.2) is 8.42 Å². The highest BCUT2D eigenvalue weighted by molar-refractivity contribution is 9.10. The molecule has 1 atom stereocenters. The van der Waals surface area contributed by atoms with Crippen LogP contribution in [0.3, 0.4) is 0 Å². The lowest BCUT2D eigenvalue weighted by atomic mass is 10.2. The van der Waals surface area contributed by atoms with Crippen molar-refractivity contribution < 1.29 is 13.2 Å². The summed E-state index contributed by atoms with van der Waals surface area (Å²) in [6.45, 7) is 4.20. The van der Waals surface area contributed by atoms with Gasteiger partial charge in [-0.1, -0.05) is 6.07 Å². The highest BCUT2D eigenvalue weighted by Crippen LogP contribution is 2.31. The molecule has 1 aromatic heterocycles. The van der Waals surface area contributed by atoms with E-state index in [1.807, 2.05) is 32.0 Å². The standard InChI is InChI=1S/C17H19BrN2O3S2/c1-11-5-7-14(13(18)10-11)19-17(21)15-4-3-9-20(15)25(22,23)16-8-6-12(2)24-16/h5-8,10,15H,3-4,9H2,1-2H3,(H,19,21). The number of carbonyl (C=O) groups excluding carboxylic acids is 1. The summed E-state index contributed by atoms with van der Waals surface area (Å²) in [6, 6.07) is 8.34. The predicted octanol–water partition coefficient (Wildman–Crippen LogP) is 3.92. The van der Waals surface area contributed by atoms with Crippen LogP contribution in [0.2, 0.25) is 0 Å². The highest BCUT2D eigenvalue weighted by atomic mass is 79.9. The van der Waals surface area contributed by atoms with Crippen molar-refractivity contribution in [3.05, 3.63) is 45.2 Å². The second-order valence-electron chi connectivity index (χ2n) is 6.11. The third kappa shape index (κ3) is 3.81. The number of carbonyl (C=O) groups is 1. The van der Waals surface area contributed by atoms with E-state index in [0.29, 0.717) is 29.3 Å². The molecular weight excluding hydrogens is 424 g/mol. The number of rotatable bonds is 4. The van der Waals surface area contributed by atoms with Gasteiger partial charge < -0.3 is 5.32 Å². The number of hydrogen-bond acceptors (Lipinski definition) is 4. The fourth-order valence-electron chi connectivity index (χ4n) is 2.89. The van der Waals surface area contributed by atoms with Crippen molar-refractivity contribution in [2.75, 3.05) is 11.9 Å². The molecule has 1 N–H and O–H groups in total. The lowest BCUT2D eigenvalue weighted by molar-refractivity contribution is -0.119. The van der Waals surface area contributed by atoms with Gasteiger partial charge in [0.15, 0.2) is 0 Å². The summed E-state index contributed by atoms with van der Waals surface area (Å²) in [5.74, 6) is -0.293. The summed E-state index contributed by atoms with van der Waals surface area (Å²) in [6.07, 6.45) is 1.20. The van der Waals surface area contributed by atoms with E-state index < -0.39 is 16.1 Å². The van der Waals surface area contributed by atoms with E-state index in [2.05, 4.69) is 21.2 Å². The summed E-state index contributed by atoms with van der Waals surface area (Å²) in [5.41, 5.74) is 1.72. The third-order valence-electron chi connectivity index (χ3n) is 4.17. The maximum absolute atomic E-state index is 12.9. The molecule has 25 heavy (non-hydrogen) atoms. The normalized spacial score (nSPS) is 18.4. The van der Waals surface area contributed by atoms with E-state index in [1.54, 1.807) is 12.1 Å². The molecule has 2 aromatic rings. The smallest absolute Gasteiger partial charge is 0.253 e. The van der Waals surface area contributed by atoms with Crippen molar-refractivity contribution >= 4 is 48.9 Å². The van der Waals surface area contributed by atoms with Gasteiger partial charge in [0.25, 0.3) is 10.0 Å². The Morgan fingerprint density at radius 1 is 1.28 bits per heavy atom. The van der Waals surface area contributed by atoms with Gasteiger partial charge in [0, 0.05) is 15.9 Å². The van der Waals surface area contributed by atoms with Crippen LogP contribution in [0.1, 0.15) is 23.3 Å². The monoisotopic (exact) mass is 442 g/mol. The van der Waals surface area contributed by atoms with Crippen LogP contribution in [0.25, 0.3) is 0 Å². The highest BCUT2D eigenvalue weighted by Gasteiger charge is 2.40. The van der Waals surface area contributed by atoms with E-state index in [4.69, 9.17) is 0 Å². The Morgan fingerprint density at radius 3 is 2.68 bits per heavy atom. The number of nitrogens with one attached hydrogen (secondary N) is 1. The average Bonchev–Trinajstić information content (AvgIpc) is 3.19. The molecule has 5 nitrogen and oxygen atoms in total. The Hall–Kier alpha value is -1.22. The molecule has 0 bridgehead atoms. The number of sulfonamides is 1. The molecule has 8 heteroatoms. The minimum atomic E-state index is -3.64. The van der Waals surface area contributed by atoms with Gasteiger partial charge in [0.05, 0.1) is 5.69 Å². The van der Waals surface area contributed by atoms with E-state index in [1.165, 1.54) is 15.6 Å². The average molecular weight is 443 g/mol. The molecule has 0 radical (unpaired) electrons. The first-order valence-electron chi connectivity index (χ1n) is 7.94. The van der Waals surface area contributed by atoms with E-state index in [0.717, 1.165) is 14.9 Å². The van der Waals surface area contributed by atoms with Crippen molar-refractivity contribution in [2.45, 2.75) is 36.9 Å². The van der Waals surface area contributed by atoms with E-state index >= 15 is 0 Å². The minimum Gasteiger partial charge on any atom is -0.324 e. The van der Waals surface area contributed by atoms with Crippen LogP contribution in [0.5, 0.6) is 0 Å². The lowest BCUT2D eigenvalue weighted by Gasteiger charge is -2.23. The Bertz CT molecular complexity index is 908. The second-order valence-corrected chi connectivity index (χ2v) is 10.4. The molecule has 0 spiro atoms. The first-order valence-corrected chi connectivity index (χ1v) is 11.0. The molecule has 0 saturated carbocycles. The van der Waals surface area contributed by atoms with Crippen molar-refractivity contribution in [3.63, 3.8) is 0 Å². The molecule has 1 saturated heterocycles. The first kappa shape index (κ1) is 18.6. The Balaban J connectivity index is 1.82. The molecule has 3 rings (SSSR count). The van der Waals surface area contributed by atoms with Crippen LogP contribution < -0.4 is 5.32 Å². The first-order chi connectivity index (χ1) is 11.8. The predicted molar refractivity (Wildman–Crippen MR) is 103 cm³/mol. The maximum atomic E-state index is 12.9. The lowest BCUT2D eigenvalue weighted by Crippen LogP contribution is -2.42. The zero-order valence-corrected chi connectivity index (χ0v) is 17.2. The van der Waals surface area contributed by atoms with E-state index in [-0.39, 0.29) is 5.91 Å². The third-order valence-corrected chi connectivity index (χ3v) is 8.20. The number of hydrogen-bond donors (Lipinski definition) is 1. The molecule has 1 fully saturated rings. The van der Waals surface area contributed by atoms with Gasteiger partial charge >= 0.3 is 0 Å². The Kier molecular flexibility index (Phi) is 5.34. The topological polar surface area (TPSA) is 66.5 Å². The molecular formula is C17H19BrN2O3S2. The van der Waals surface area contributed by atoms with Crippen molar-refractivity contribution in [1.29, 1.82) is 0 Å². The van der Waals surface area contributed by atoms with Crippen LogP contribution in [0.4, 0.5) is 5.69 Å². The minimum absolute atomic E-state index is 0.293. The molecule has 1 aromatic carbocycles. The van der Waals surface area contributed by atoms with Crippen LogP contribution >= 0.6 is 27.3 Å². The van der Waals surface area contributed by atoms with Gasteiger partial charge in [0.2, 0.25) is 5.91 Å². The molecule has 1 aliphatic heterocycles. The van der Waals surface area contributed by atoms with Crippen LogP contribution in [0, 0.1) is 13.8 Å². The van der Waals surface area contributed by atoms with Crippen LogP contribution in [-0.2, 0) is 14.8 Å². The number of amides is 1. The number of aryl methyl sites for hydroxylation is 2. The largest absolute Gasteiger partial charge is 0.324 e. The quantitative estimate of drug-likeness (QED) is 0.779. The summed E-state index contributed by atoms with van der Waals surface area (Å²) >= 11 is 4.67. The van der Waals surface area contributed by atoms with Crippen LogP contribution in [0.15, 0.2) is 39.0 Å². The summed E-state index contributed by atoms with van der Waals surface area (Å²) in [4.78, 5) is 13.6. The zero-order valence-electron chi connectivity index (χ0n) is 14.0. The SMILES string of the molecule is Cc1ccc(NC(=O)C2CCCN2S(=O)(=O)c2ccc(C)s2)c(Br)c1. The van der Waals surface area contributed by atoms with Crippen LogP contribution in [-0.4, -0.2) is 31.2 Å². The molecule has 1 aliphatic rings. The zero-order chi connectivity index (χ0) is 18.2. The van der Waals surface area contributed by atoms with Gasteiger partial charge in [-0.15, -0.1) is 11.3 Å². The Labute approximate surface area is 160 Å².